The van der Waals surface area contributed by atoms with Crippen molar-refractivity contribution in [2.24, 2.45) is 11.7 Å². The van der Waals surface area contributed by atoms with Crippen molar-refractivity contribution in [2.75, 3.05) is 13.6 Å². The SMILES string of the molecule is CN(CC1CC1)C(=N)N.O=S(=O)(O)O. The van der Waals surface area contributed by atoms with Gasteiger partial charge in [-0.05, 0) is 18.8 Å². The van der Waals surface area contributed by atoms with Gasteiger partial charge in [0, 0.05) is 13.6 Å². The van der Waals surface area contributed by atoms with Gasteiger partial charge in [0.2, 0.25) is 0 Å². The molecule has 1 aliphatic carbocycles. The van der Waals surface area contributed by atoms with Crippen LogP contribution >= 0.6 is 0 Å². The molecule has 0 unspecified atom stereocenters. The van der Waals surface area contributed by atoms with E-state index in [1.165, 1.54) is 12.8 Å². The summed E-state index contributed by atoms with van der Waals surface area (Å²) in [5.74, 6) is 1.00. The monoisotopic (exact) mass is 225 g/mol. The Kier molecular flexibility index (Phi) is 4.81. The molecule has 7 nitrogen and oxygen atoms in total. The lowest BCUT2D eigenvalue weighted by molar-refractivity contribution is 0.381. The molecule has 0 amide bonds. The van der Waals surface area contributed by atoms with Gasteiger partial charge in [0.25, 0.3) is 0 Å². The summed E-state index contributed by atoms with van der Waals surface area (Å²) < 4.78 is 31.6. The third kappa shape index (κ3) is 11.1. The molecule has 8 heteroatoms. The zero-order valence-corrected chi connectivity index (χ0v) is 8.66. The van der Waals surface area contributed by atoms with E-state index in [0.29, 0.717) is 0 Å². The van der Waals surface area contributed by atoms with Crippen LogP contribution in [-0.2, 0) is 10.4 Å². The molecule has 0 bridgehead atoms. The summed E-state index contributed by atoms with van der Waals surface area (Å²) in [6.45, 7) is 0.968. The molecule has 1 saturated carbocycles. The fourth-order valence-corrected chi connectivity index (χ4v) is 0.786. The number of hydrogen-bond acceptors (Lipinski definition) is 3. The van der Waals surface area contributed by atoms with Gasteiger partial charge in [-0.1, -0.05) is 0 Å². The molecule has 0 aliphatic heterocycles. The van der Waals surface area contributed by atoms with E-state index in [-0.39, 0.29) is 5.96 Å². The van der Waals surface area contributed by atoms with E-state index in [1.54, 1.807) is 4.90 Å². The van der Waals surface area contributed by atoms with Crippen molar-refractivity contribution in [2.45, 2.75) is 12.8 Å². The van der Waals surface area contributed by atoms with E-state index in [9.17, 15) is 0 Å². The Morgan fingerprint density at radius 1 is 1.57 bits per heavy atom. The molecule has 0 aromatic heterocycles. The number of nitrogens with one attached hydrogen (secondary N) is 1. The van der Waals surface area contributed by atoms with E-state index < -0.39 is 10.4 Å². The van der Waals surface area contributed by atoms with Gasteiger partial charge in [-0.15, -0.1) is 0 Å². The number of hydrogen-bond donors (Lipinski definition) is 4. The lowest BCUT2D eigenvalue weighted by Gasteiger charge is -2.14. The summed E-state index contributed by atoms with van der Waals surface area (Å²) in [7, 11) is -2.80. The van der Waals surface area contributed by atoms with Crippen molar-refractivity contribution in [3.8, 4) is 0 Å². The summed E-state index contributed by atoms with van der Waals surface area (Å²) in [5.41, 5.74) is 5.22. The highest BCUT2D eigenvalue weighted by Crippen LogP contribution is 2.28. The third-order valence-corrected chi connectivity index (χ3v) is 1.64. The molecule has 14 heavy (non-hydrogen) atoms. The number of nitrogens with zero attached hydrogens (tertiary/aromatic N) is 1. The van der Waals surface area contributed by atoms with E-state index in [4.69, 9.17) is 28.7 Å². The average molecular weight is 225 g/mol. The Labute approximate surface area is 83.0 Å². The van der Waals surface area contributed by atoms with E-state index in [2.05, 4.69) is 0 Å². The normalized spacial score (nSPS) is 15.4. The second kappa shape index (κ2) is 5.13. The van der Waals surface area contributed by atoms with Crippen LogP contribution in [0.3, 0.4) is 0 Å². The third-order valence-electron chi connectivity index (χ3n) is 1.64. The molecular formula is C6H15N3O4S. The Balaban J connectivity index is 0.000000292. The molecule has 1 rings (SSSR count). The van der Waals surface area contributed by atoms with E-state index in [0.717, 1.165) is 12.5 Å². The highest BCUT2D eigenvalue weighted by molar-refractivity contribution is 7.79. The molecule has 1 fully saturated rings. The molecule has 5 N–H and O–H groups in total. The quantitative estimate of drug-likeness (QED) is 0.287. The first-order valence-corrected chi connectivity index (χ1v) is 5.35. The number of guanidine groups is 1. The molecule has 0 saturated heterocycles. The topological polar surface area (TPSA) is 128 Å². The maximum atomic E-state index is 8.74. The van der Waals surface area contributed by atoms with Crippen molar-refractivity contribution >= 4 is 16.4 Å². The van der Waals surface area contributed by atoms with E-state index in [1.807, 2.05) is 7.05 Å². The van der Waals surface area contributed by atoms with Crippen LogP contribution in [0.2, 0.25) is 0 Å². The molecule has 0 aromatic carbocycles. The van der Waals surface area contributed by atoms with Gasteiger partial charge in [0.15, 0.2) is 5.96 Å². The molecule has 0 atom stereocenters. The molecule has 0 heterocycles. The Bertz CT molecular complexity index is 277. The standard InChI is InChI=1S/C6H13N3.H2O4S/c1-9(6(7)8)4-5-2-3-5;1-5(2,3)4/h5H,2-4H2,1H3,(H3,7,8);(H2,1,2,3,4). The van der Waals surface area contributed by atoms with E-state index >= 15 is 0 Å². The van der Waals surface area contributed by atoms with Crippen LogP contribution in [0.5, 0.6) is 0 Å². The zero-order valence-electron chi connectivity index (χ0n) is 7.84. The minimum absolute atomic E-state index is 0.182. The fraction of sp³-hybridized carbons (Fsp3) is 0.833. The first-order chi connectivity index (χ1) is 6.20. The van der Waals surface area contributed by atoms with Gasteiger partial charge in [-0.3, -0.25) is 14.5 Å². The smallest absolute Gasteiger partial charge is 0.370 e. The molecule has 0 radical (unpaired) electrons. The second-order valence-corrected chi connectivity index (χ2v) is 4.05. The van der Waals surface area contributed by atoms with Crippen molar-refractivity contribution in [1.29, 1.82) is 5.41 Å². The summed E-state index contributed by atoms with van der Waals surface area (Å²) in [4.78, 5) is 1.79. The zero-order chi connectivity index (χ0) is 11.4. The summed E-state index contributed by atoms with van der Waals surface area (Å²) in [6.07, 6.45) is 2.63. The van der Waals surface area contributed by atoms with Crippen molar-refractivity contribution in [3.63, 3.8) is 0 Å². The van der Waals surface area contributed by atoms with Gasteiger partial charge in [0.05, 0.1) is 0 Å². The van der Waals surface area contributed by atoms with Crippen LogP contribution in [0, 0.1) is 11.3 Å². The highest BCUT2D eigenvalue weighted by atomic mass is 32.3. The number of rotatable bonds is 2. The maximum absolute atomic E-state index is 8.74. The predicted octanol–water partition coefficient (Wildman–Crippen LogP) is -0.431. The number of nitrogens with two attached hydrogens (primary N) is 1. The largest absolute Gasteiger partial charge is 0.394 e. The molecule has 0 aromatic rings. The highest BCUT2D eigenvalue weighted by Gasteiger charge is 2.22. The lowest BCUT2D eigenvalue weighted by atomic mass is 10.4. The van der Waals surface area contributed by atoms with Gasteiger partial charge < -0.3 is 10.6 Å². The van der Waals surface area contributed by atoms with Crippen LogP contribution in [-0.4, -0.2) is 42.0 Å². The fourth-order valence-electron chi connectivity index (χ4n) is 0.786. The van der Waals surface area contributed by atoms with Crippen LogP contribution in [0.1, 0.15) is 12.8 Å². The van der Waals surface area contributed by atoms with Crippen LogP contribution < -0.4 is 5.73 Å². The summed E-state index contributed by atoms with van der Waals surface area (Å²) in [6, 6.07) is 0. The minimum Gasteiger partial charge on any atom is -0.370 e. The molecule has 1 aliphatic rings. The molecular weight excluding hydrogens is 210 g/mol. The molecule has 84 valence electrons. The summed E-state index contributed by atoms with van der Waals surface area (Å²) in [5, 5.41) is 7.03. The average Bonchev–Trinajstić information content (AvgIpc) is 2.67. The second-order valence-electron chi connectivity index (χ2n) is 3.16. The Morgan fingerprint density at radius 3 is 2.14 bits per heavy atom. The first-order valence-electron chi connectivity index (χ1n) is 3.95. The summed E-state index contributed by atoms with van der Waals surface area (Å²) >= 11 is 0. The lowest BCUT2D eigenvalue weighted by Crippen LogP contribution is -2.34. The van der Waals surface area contributed by atoms with Gasteiger partial charge in [-0.2, -0.15) is 8.42 Å². The Hall–Kier alpha value is -0.860. The first kappa shape index (κ1) is 13.1. The maximum Gasteiger partial charge on any atom is 0.394 e. The van der Waals surface area contributed by atoms with Crippen LogP contribution in [0.25, 0.3) is 0 Å². The molecule has 0 spiro atoms. The van der Waals surface area contributed by atoms with Crippen LogP contribution in [0.4, 0.5) is 0 Å². The minimum atomic E-state index is -4.67. The van der Waals surface area contributed by atoms with Gasteiger partial charge >= 0.3 is 10.4 Å². The van der Waals surface area contributed by atoms with Gasteiger partial charge in [0.1, 0.15) is 0 Å². The van der Waals surface area contributed by atoms with Crippen molar-refractivity contribution in [1.82, 2.24) is 4.90 Å². The van der Waals surface area contributed by atoms with Crippen molar-refractivity contribution < 1.29 is 17.5 Å². The van der Waals surface area contributed by atoms with Crippen molar-refractivity contribution in [3.05, 3.63) is 0 Å². The Morgan fingerprint density at radius 2 is 1.93 bits per heavy atom. The van der Waals surface area contributed by atoms with Gasteiger partial charge in [-0.25, -0.2) is 0 Å². The predicted molar refractivity (Wildman–Crippen MR) is 51.4 cm³/mol. The van der Waals surface area contributed by atoms with Crippen LogP contribution in [0.15, 0.2) is 0 Å².